The highest BCUT2D eigenvalue weighted by atomic mass is 16.4. The first kappa shape index (κ1) is 17.8. The second-order valence-electron chi connectivity index (χ2n) is 6.15. The predicted molar refractivity (Wildman–Crippen MR) is 92.9 cm³/mol. The van der Waals surface area contributed by atoms with E-state index in [4.69, 9.17) is 11.0 Å². The van der Waals surface area contributed by atoms with Crippen molar-refractivity contribution in [3.05, 3.63) is 29.8 Å². The predicted octanol–water partition coefficient (Wildman–Crippen LogP) is 3.00. The van der Waals surface area contributed by atoms with Crippen molar-refractivity contribution >= 4 is 17.6 Å². The third-order valence-electron chi connectivity index (χ3n) is 4.36. The smallest absolute Gasteiger partial charge is 0.323 e. The second kappa shape index (κ2) is 8.92. The molecule has 1 aromatic carbocycles. The summed E-state index contributed by atoms with van der Waals surface area (Å²) >= 11 is 0. The van der Waals surface area contributed by atoms with E-state index in [0.717, 1.165) is 25.7 Å². The third kappa shape index (κ3) is 5.27. The zero-order valence-electron chi connectivity index (χ0n) is 13.8. The second-order valence-corrected chi connectivity index (χ2v) is 6.15. The molecule has 0 heterocycles. The average molecular weight is 328 g/mol. The number of guanidine groups is 1. The van der Waals surface area contributed by atoms with Gasteiger partial charge in [-0.3, -0.25) is 4.79 Å². The van der Waals surface area contributed by atoms with Crippen LogP contribution in [-0.4, -0.2) is 34.5 Å². The molecular weight excluding hydrogens is 304 g/mol. The van der Waals surface area contributed by atoms with Crippen molar-refractivity contribution < 1.29 is 9.90 Å². The van der Waals surface area contributed by atoms with Crippen LogP contribution in [0, 0.1) is 11.3 Å². The topological polar surface area (TPSA) is 103 Å². The fraction of sp³-hybridized carbons (Fsp3) is 0.500. The summed E-state index contributed by atoms with van der Waals surface area (Å²) in [5, 5.41) is 18.1. The molecule has 6 nitrogen and oxygen atoms in total. The Hall–Kier alpha value is -2.55. The van der Waals surface area contributed by atoms with Gasteiger partial charge in [-0.2, -0.15) is 5.26 Å². The van der Waals surface area contributed by atoms with Crippen LogP contribution in [0.3, 0.4) is 0 Å². The Balaban J connectivity index is 2.19. The van der Waals surface area contributed by atoms with Gasteiger partial charge >= 0.3 is 5.97 Å². The van der Waals surface area contributed by atoms with Crippen LogP contribution < -0.4 is 5.73 Å². The minimum absolute atomic E-state index is 0.114. The molecular formula is C18H24N4O2. The van der Waals surface area contributed by atoms with Gasteiger partial charge in [-0.05, 0) is 37.1 Å². The molecule has 0 unspecified atom stereocenters. The van der Waals surface area contributed by atoms with Crippen molar-refractivity contribution in [3.63, 3.8) is 0 Å². The Labute approximate surface area is 142 Å². The molecule has 24 heavy (non-hydrogen) atoms. The molecule has 0 amide bonds. The van der Waals surface area contributed by atoms with Gasteiger partial charge in [0.1, 0.15) is 6.54 Å². The summed E-state index contributed by atoms with van der Waals surface area (Å²) < 4.78 is 0. The monoisotopic (exact) mass is 328 g/mol. The molecule has 6 heteroatoms. The minimum atomic E-state index is -0.907. The average Bonchev–Trinajstić information content (AvgIpc) is 2.53. The molecule has 0 atom stereocenters. The summed E-state index contributed by atoms with van der Waals surface area (Å²) in [7, 11) is 0. The lowest BCUT2D eigenvalue weighted by Crippen LogP contribution is -2.47. The van der Waals surface area contributed by atoms with Gasteiger partial charge < -0.3 is 15.7 Å². The highest BCUT2D eigenvalue weighted by Crippen LogP contribution is 2.22. The molecule has 1 fully saturated rings. The van der Waals surface area contributed by atoms with Crippen LogP contribution in [0.1, 0.15) is 50.5 Å². The molecule has 0 aliphatic heterocycles. The maximum absolute atomic E-state index is 11.3. The van der Waals surface area contributed by atoms with Crippen LogP contribution in [0.5, 0.6) is 0 Å². The number of hydrogen-bond acceptors (Lipinski definition) is 3. The van der Waals surface area contributed by atoms with Gasteiger partial charge in [0.05, 0.1) is 17.3 Å². The number of nitrogens with two attached hydrogens (primary N) is 1. The first-order chi connectivity index (χ1) is 11.6. The molecule has 1 aliphatic rings. The summed E-state index contributed by atoms with van der Waals surface area (Å²) in [5.74, 6) is -0.678. The number of carboxylic acid groups (broad SMARTS) is 1. The van der Waals surface area contributed by atoms with E-state index in [2.05, 4.69) is 11.1 Å². The normalized spacial score (nSPS) is 16.7. The van der Waals surface area contributed by atoms with Crippen molar-refractivity contribution in [2.75, 3.05) is 6.54 Å². The molecule has 0 saturated heterocycles. The molecule has 128 valence electrons. The van der Waals surface area contributed by atoms with Gasteiger partial charge in [0.15, 0.2) is 5.96 Å². The van der Waals surface area contributed by atoms with E-state index >= 15 is 0 Å². The van der Waals surface area contributed by atoms with Gasteiger partial charge in [-0.15, -0.1) is 0 Å². The summed E-state index contributed by atoms with van der Waals surface area (Å²) in [6, 6.07) is 8.93. The highest BCUT2D eigenvalue weighted by Gasteiger charge is 2.23. The SMILES string of the molecule is N#Cc1ccc(N=C(N)N(CC(=O)O)C2CCCCCCC2)cc1. The summed E-state index contributed by atoms with van der Waals surface area (Å²) in [5.41, 5.74) is 7.31. The maximum atomic E-state index is 11.3. The number of nitrogens with zero attached hydrogens (tertiary/aromatic N) is 3. The van der Waals surface area contributed by atoms with E-state index in [9.17, 15) is 9.90 Å². The zero-order chi connectivity index (χ0) is 17.4. The number of hydrogen-bond donors (Lipinski definition) is 2. The first-order valence-electron chi connectivity index (χ1n) is 8.43. The summed E-state index contributed by atoms with van der Waals surface area (Å²) in [6.07, 6.45) is 7.68. The number of nitriles is 1. The Morgan fingerprint density at radius 1 is 1.21 bits per heavy atom. The van der Waals surface area contributed by atoms with Crippen molar-refractivity contribution in [1.82, 2.24) is 4.90 Å². The van der Waals surface area contributed by atoms with Gasteiger partial charge in [-0.1, -0.05) is 32.1 Å². The molecule has 0 bridgehead atoms. The van der Waals surface area contributed by atoms with E-state index in [1.807, 2.05) is 0 Å². The quantitative estimate of drug-likeness (QED) is 0.653. The maximum Gasteiger partial charge on any atom is 0.323 e. The van der Waals surface area contributed by atoms with E-state index in [-0.39, 0.29) is 18.5 Å². The molecule has 1 aliphatic carbocycles. The van der Waals surface area contributed by atoms with Gasteiger partial charge in [0.25, 0.3) is 0 Å². The molecule has 0 aromatic heterocycles. The number of rotatable bonds is 4. The van der Waals surface area contributed by atoms with Crippen LogP contribution in [-0.2, 0) is 4.79 Å². The van der Waals surface area contributed by atoms with E-state index in [1.54, 1.807) is 29.2 Å². The van der Waals surface area contributed by atoms with E-state index < -0.39 is 5.97 Å². The molecule has 2 rings (SSSR count). The Morgan fingerprint density at radius 3 is 2.33 bits per heavy atom. The molecule has 0 radical (unpaired) electrons. The highest BCUT2D eigenvalue weighted by molar-refractivity contribution is 5.85. The summed E-state index contributed by atoms with van der Waals surface area (Å²) in [4.78, 5) is 17.3. The molecule has 0 spiro atoms. The third-order valence-corrected chi connectivity index (χ3v) is 4.36. The fourth-order valence-corrected chi connectivity index (χ4v) is 3.10. The van der Waals surface area contributed by atoms with Crippen LogP contribution in [0.2, 0.25) is 0 Å². The van der Waals surface area contributed by atoms with Crippen LogP contribution in [0.15, 0.2) is 29.3 Å². The first-order valence-corrected chi connectivity index (χ1v) is 8.43. The Kier molecular flexibility index (Phi) is 6.62. The van der Waals surface area contributed by atoms with Gasteiger partial charge in [-0.25, -0.2) is 4.99 Å². The lowest BCUT2D eigenvalue weighted by atomic mass is 9.95. The van der Waals surface area contributed by atoms with Gasteiger partial charge in [0.2, 0.25) is 0 Å². The minimum Gasteiger partial charge on any atom is -0.480 e. The van der Waals surface area contributed by atoms with Crippen LogP contribution >= 0.6 is 0 Å². The lowest BCUT2D eigenvalue weighted by Gasteiger charge is -2.32. The Bertz CT molecular complexity index is 611. The van der Waals surface area contributed by atoms with Crippen LogP contribution in [0.4, 0.5) is 5.69 Å². The lowest BCUT2D eigenvalue weighted by molar-refractivity contribution is -0.137. The van der Waals surface area contributed by atoms with Crippen molar-refractivity contribution in [3.8, 4) is 6.07 Å². The van der Waals surface area contributed by atoms with Gasteiger partial charge in [0, 0.05) is 6.04 Å². The molecule has 1 saturated carbocycles. The number of benzene rings is 1. The standard InChI is InChI=1S/C18H24N4O2/c19-12-14-8-10-15(11-9-14)21-18(20)22(13-17(23)24)16-6-4-2-1-3-5-7-16/h8-11,16H,1-7,13H2,(H2,20,21)(H,23,24). The number of carbonyl (C=O) groups is 1. The zero-order valence-corrected chi connectivity index (χ0v) is 13.8. The largest absolute Gasteiger partial charge is 0.480 e. The van der Waals surface area contributed by atoms with Crippen LogP contribution in [0.25, 0.3) is 0 Å². The molecule has 3 N–H and O–H groups in total. The van der Waals surface area contributed by atoms with E-state index in [1.165, 1.54) is 19.3 Å². The fourth-order valence-electron chi connectivity index (χ4n) is 3.10. The number of carboxylic acids is 1. The Morgan fingerprint density at radius 2 is 1.79 bits per heavy atom. The number of aliphatic carboxylic acids is 1. The van der Waals surface area contributed by atoms with Crippen molar-refractivity contribution in [2.45, 2.75) is 51.0 Å². The number of aliphatic imine (C=N–C) groups is 1. The summed E-state index contributed by atoms with van der Waals surface area (Å²) in [6.45, 7) is -0.143. The van der Waals surface area contributed by atoms with E-state index in [0.29, 0.717) is 11.3 Å². The van der Waals surface area contributed by atoms with Crippen molar-refractivity contribution in [2.24, 2.45) is 10.7 Å². The van der Waals surface area contributed by atoms with Crippen molar-refractivity contribution in [1.29, 1.82) is 5.26 Å². The molecule has 1 aromatic rings.